The number of carboxylic acid groups (broad SMARTS) is 2. The van der Waals surface area contributed by atoms with Gasteiger partial charge in [0.1, 0.15) is 0 Å². The average molecular weight is 573 g/mol. The zero-order chi connectivity index (χ0) is 29.9. The second kappa shape index (κ2) is 16.1. The van der Waals surface area contributed by atoms with Crippen molar-refractivity contribution >= 4 is 46.0 Å². The lowest BCUT2D eigenvalue weighted by Gasteiger charge is -2.22. The first-order valence-corrected chi connectivity index (χ1v) is 17.0. The summed E-state index contributed by atoms with van der Waals surface area (Å²) in [6, 6.07) is 8.28. The molecular weight excluding hydrogens is 520 g/mol. The molecule has 2 aromatic carbocycles. The summed E-state index contributed by atoms with van der Waals surface area (Å²) >= 11 is 0. The van der Waals surface area contributed by atoms with Crippen molar-refractivity contribution in [3.63, 3.8) is 0 Å². The normalized spacial score (nSPS) is 14.7. The Labute approximate surface area is 253 Å². The number of benzene rings is 2. The minimum absolute atomic E-state index is 0.551. The lowest BCUT2D eigenvalue weighted by Crippen LogP contribution is -2.21. The van der Waals surface area contributed by atoms with Gasteiger partial charge in [-0.2, -0.15) is 0 Å². The van der Waals surface area contributed by atoms with Crippen molar-refractivity contribution < 1.29 is 19.8 Å². The highest BCUT2D eigenvalue weighted by Gasteiger charge is 2.39. The molecule has 2 atom stereocenters. The molecule has 2 aromatic rings. The van der Waals surface area contributed by atoms with Crippen LogP contribution in [-0.2, 0) is 9.59 Å². The van der Waals surface area contributed by atoms with E-state index in [1.807, 2.05) is 0 Å². The molecule has 2 N–H and O–H groups in total. The van der Waals surface area contributed by atoms with E-state index in [9.17, 15) is 19.8 Å². The van der Waals surface area contributed by atoms with Gasteiger partial charge in [-0.15, -0.1) is 0 Å². The fraction of sp³-hybridized carbons (Fsp3) is 0.579. The average Bonchev–Trinajstić information content (AvgIpc) is 3.53. The standard InChI is InChI=1S/C38H52O4/c1-3-5-7-9-11-13-15-17-19-31(37(39)40)35-29-25-23-27-21-22-28-24-26-30(34(29)33(27)28)36(35)32(38(41)42)20-18-16-14-12-10-8-6-4-2/h21-26,31-32H,3-20H2,1-2H3,(H,39,40)(H,41,42). The molecule has 228 valence electrons. The van der Waals surface area contributed by atoms with Crippen LogP contribution in [0, 0.1) is 11.8 Å². The molecule has 42 heavy (non-hydrogen) atoms. The minimum Gasteiger partial charge on any atom is -0.481 e. The van der Waals surface area contributed by atoms with Gasteiger partial charge < -0.3 is 10.2 Å². The van der Waals surface area contributed by atoms with Gasteiger partial charge in [0, 0.05) is 0 Å². The van der Waals surface area contributed by atoms with E-state index < -0.39 is 23.8 Å². The Balaban J connectivity index is 1.57. The summed E-state index contributed by atoms with van der Waals surface area (Å²) in [5, 5.41) is 23.3. The van der Waals surface area contributed by atoms with E-state index in [-0.39, 0.29) is 0 Å². The second-order valence-electron chi connectivity index (χ2n) is 12.6. The summed E-state index contributed by atoms with van der Waals surface area (Å²) in [6.07, 6.45) is 23.8. The van der Waals surface area contributed by atoms with Gasteiger partial charge in [0.25, 0.3) is 0 Å². The fourth-order valence-electron chi connectivity index (χ4n) is 7.24. The number of hydrogen-bond acceptors (Lipinski definition) is 2. The Bertz CT molecular complexity index is 1190. The molecule has 4 nitrogen and oxygen atoms in total. The summed E-state index contributed by atoms with van der Waals surface area (Å²) in [5.41, 5.74) is 5.69. The highest BCUT2D eigenvalue weighted by molar-refractivity contribution is 6.22. The quantitative estimate of drug-likeness (QED) is 0.117. The van der Waals surface area contributed by atoms with Crippen LogP contribution in [0.5, 0.6) is 0 Å². The smallest absolute Gasteiger partial charge is 0.311 e. The first-order chi connectivity index (χ1) is 20.5. The van der Waals surface area contributed by atoms with Crippen molar-refractivity contribution in [1.29, 1.82) is 0 Å². The molecule has 2 aliphatic rings. The third-order valence-electron chi connectivity index (χ3n) is 9.52. The van der Waals surface area contributed by atoms with Crippen molar-refractivity contribution in [2.24, 2.45) is 11.8 Å². The molecule has 0 fully saturated rings. The molecular formula is C38H52O4. The maximum absolute atomic E-state index is 12.9. The highest BCUT2D eigenvalue weighted by Crippen LogP contribution is 2.52. The van der Waals surface area contributed by atoms with Crippen LogP contribution in [0.1, 0.15) is 152 Å². The van der Waals surface area contributed by atoms with Crippen molar-refractivity contribution in [2.75, 3.05) is 0 Å². The highest BCUT2D eigenvalue weighted by atomic mass is 16.4. The van der Waals surface area contributed by atoms with Gasteiger partial charge in [0.15, 0.2) is 0 Å². The molecule has 0 amide bonds. The van der Waals surface area contributed by atoms with Crippen LogP contribution in [0.25, 0.3) is 34.1 Å². The number of hydrogen-bond donors (Lipinski definition) is 2. The third-order valence-corrected chi connectivity index (χ3v) is 9.52. The number of carbonyl (C=O) groups is 2. The maximum atomic E-state index is 12.9. The van der Waals surface area contributed by atoms with Crippen LogP contribution < -0.4 is 0 Å². The van der Waals surface area contributed by atoms with E-state index in [1.165, 1.54) is 64.2 Å². The van der Waals surface area contributed by atoms with Gasteiger partial charge in [0.05, 0.1) is 11.8 Å². The number of carboxylic acids is 2. The summed E-state index contributed by atoms with van der Waals surface area (Å²) in [5.74, 6) is -3.06. The first-order valence-electron chi connectivity index (χ1n) is 17.0. The van der Waals surface area contributed by atoms with Crippen LogP contribution in [-0.4, -0.2) is 22.2 Å². The monoisotopic (exact) mass is 572 g/mol. The lowest BCUT2D eigenvalue weighted by molar-refractivity contribution is -0.141. The molecule has 0 aromatic heterocycles. The van der Waals surface area contributed by atoms with Gasteiger partial charge in [0.2, 0.25) is 0 Å². The number of rotatable bonds is 22. The van der Waals surface area contributed by atoms with Crippen LogP contribution >= 0.6 is 0 Å². The molecule has 4 heteroatoms. The molecule has 0 bridgehead atoms. The largest absolute Gasteiger partial charge is 0.481 e. The molecule has 2 aliphatic carbocycles. The fourth-order valence-corrected chi connectivity index (χ4v) is 7.24. The number of unbranched alkanes of at least 4 members (excludes halogenated alkanes) is 14. The van der Waals surface area contributed by atoms with E-state index in [0.717, 1.165) is 82.7 Å². The molecule has 4 rings (SSSR count). The van der Waals surface area contributed by atoms with Crippen molar-refractivity contribution in [1.82, 2.24) is 0 Å². The molecule has 0 radical (unpaired) electrons. The van der Waals surface area contributed by atoms with Gasteiger partial charge in [-0.25, -0.2) is 0 Å². The zero-order valence-corrected chi connectivity index (χ0v) is 26.1. The van der Waals surface area contributed by atoms with E-state index in [4.69, 9.17) is 0 Å². The Morgan fingerprint density at radius 1 is 0.524 bits per heavy atom. The van der Waals surface area contributed by atoms with Gasteiger partial charge in [-0.05, 0) is 57.0 Å². The topological polar surface area (TPSA) is 74.6 Å². The lowest BCUT2D eigenvalue weighted by atomic mass is 9.81. The van der Waals surface area contributed by atoms with Gasteiger partial charge in [-0.1, -0.05) is 153 Å². The van der Waals surface area contributed by atoms with Crippen LogP contribution in [0.15, 0.2) is 24.3 Å². The molecule has 2 unspecified atom stereocenters. The van der Waals surface area contributed by atoms with Crippen molar-refractivity contribution in [3.05, 3.63) is 46.5 Å². The van der Waals surface area contributed by atoms with E-state index >= 15 is 0 Å². The molecule has 0 saturated heterocycles. The van der Waals surface area contributed by atoms with Gasteiger partial charge in [-0.3, -0.25) is 9.59 Å². The van der Waals surface area contributed by atoms with Gasteiger partial charge >= 0.3 is 11.9 Å². The second-order valence-corrected chi connectivity index (χ2v) is 12.6. The van der Waals surface area contributed by atoms with Crippen molar-refractivity contribution in [3.8, 4) is 0 Å². The Morgan fingerprint density at radius 3 is 1.24 bits per heavy atom. The maximum Gasteiger partial charge on any atom is 0.311 e. The summed E-state index contributed by atoms with van der Waals surface area (Å²) in [4.78, 5) is 25.8. The predicted octanol–water partition coefficient (Wildman–Crippen LogP) is 11.0. The predicted molar refractivity (Wildman–Crippen MR) is 176 cm³/mol. The third kappa shape index (κ3) is 7.54. The van der Waals surface area contributed by atoms with Crippen LogP contribution in [0.3, 0.4) is 0 Å². The first kappa shape index (κ1) is 32.0. The van der Waals surface area contributed by atoms with E-state index in [0.29, 0.717) is 12.8 Å². The minimum atomic E-state index is -0.833. The summed E-state index contributed by atoms with van der Waals surface area (Å²) in [6.45, 7) is 4.45. The Kier molecular flexibility index (Phi) is 12.3. The Morgan fingerprint density at radius 2 is 0.881 bits per heavy atom. The molecule has 0 heterocycles. The Hall–Kier alpha value is -2.88. The summed E-state index contributed by atoms with van der Waals surface area (Å²) in [7, 11) is 0. The zero-order valence-electron chi connectivity index (χ0n) is 26.1. The van der Waals surface area contributed by atoms with Crippen molar-refractivity contribution in [2.45, 2.75) is 129 Å². The molecule has 0 aliphatic heterocycles. The van der Waals surface area contributed by atoms with E-state index in [2.05, 4.69) is 50.3 Å². The SMILES string of the molecule is CCCCCCCCCCC(C(=O)O)C1=C(C(CCCCCCCCCC)C(=O)O)c2ccc3c4c(ccc1c24)C=C3. The summed E-state index contributed by atoms with van der Waals surface area (Å²) < 4.78 is 0. The molecule has 0 saturated carbocycles. The van der Waals surface area contributed by atoms with E-state index in [1.54, 1.807) is 0 Å². The molecule has 0 spiro atoms. The van der Waals surface area contributed by atoms with Crippen LogP contribution in [0.2, 0.25) is 0 Å². The van der Waals surface area contributed by atoms with Crippen LogP contribution in [0.4, 0.5) is 0 Å². The number of aliphatic carboxylic acids is 2.